The quantitative estimate of drug-likeness (QED) is 0.801. The SMILES string of the molecule is CC1Oc2c(S(=O)(=O)NC(=O)Nc3c4c(cc5c3CCC5)CCC4)cnn2C1C. The van der Waals surface area contributed by atoms with Gasteiger partial charge in [0.2, 0.25) is 5.88 Å². The summed E-state index contributed by atoms with van der Waals surface area (Å²) in [6, 6.07) is 1.44. The molecular formula is C20H24N4O4S. The summed E-state index contributed by atoms with van der Waals surface area (Å²) in [6.45, 7) is 3.76. The molecule has 1 aromatic heterocycles. The van der Waals surface area contributed by atoms with Crippen molar-refractivity contribution in [2.45, 2.75) is 69.4 Å². The maximum Gasteiger partial charge on any atom is 0.333 e. The highest BCUT2D eigenvalue weighted by Crippen LogP contribution is 2.39. The van der Waals surface area contributed by atoms with E-state index in [1.807, 2.05) is 13.8 Å². The topological polar surface area (TPSA) is 102 Å². The van der Waals surface area contributed by atoms with Crippen molar-refractivity contribution in [3.63, 3.8) is 0 Å². The van der Waals surface area contributed by atoms with Crippen LogP contribution in [0.1, 0.15) is 55.0 Å². The van der Waals surface area contributed by atoms with Crippen LogP contribution < -0.4 is 14.8 Å². The molecule has 2 heterocycles. The molecule has 29 heavy (non-hydrogen) atoms. The number of urea groups is 1. The number of fused-ring (bicyclic) bond motifs is 3. The van der Waals surface area contributed by atoms with Crippen LogP contribution in [0.3, 0.4) is 0 Å². The van der Waals surface area contributed by atoms with Gasteiger partial charge >= 0.3 is 6.03 Å². The van der Waals surface area contributed by atoms with Crippen LogP contribution in [0.15, 0.2) is 17.2 Å². The fourth-order valence-electron chi connectivity index (χ4n) is 4.68. The van der Waals surface area contributed by atoms with Crippen molar-refractivity contribution in [1.82, 2.24) is 14.5 Å². The summed E-state index contributed by atoms with van der Waals surface area (Å²) in [4.78, 5) is 12.6. The molecule has 0 radical (unpaired) electrons. The molecule has 2 aliphatic carbocycles. The largest absolute Gasteiger partial charge is 0.472 e. The highest BCUT2D eigenvalue weighted by molar-refractivity contribution is 7.90. The Hall–Kier alpha value is -2.55. The van der Waals surface area contributed by atoms with Crippen molar-refractivity contribution in [3.05, 3.63) is 34.5 Å². The molecule has 2 amide bonds. The third kappa shape index (κ3) is 2.90. The van der Waals surface area contributed by atoms with Crippen LogP contribution in [0.25, 0.3) is 0 Å². The van der Waals surface area contributed by atoms with Crippen LogP contribution in [0.2, 0.25) is 0 Å². The molecule has 5 rings (SSSR count). The number of anilines is 1. The molecule has 3 aliphatic rings. The normalized spacial score (nSPS) is 22.0. The number of amides is 2. The fourth-order valence-corrected chi connectivity index (χ4v) is 5.64. The Bertz CT molecular complexity index is 1090. The van der Waals surface area contributed by atoms with Crippen molar-refractivity contribution in [3.8, 4) is 5.88 Å². The summed E-state index contributed by atoms with van der Waals surface area (Å²) >= 11 is 0. The molecule has 2 aromatic rings. The molecule has 2 unspecified atom stereocenters. The smallest absolute Gasteiger partial charge is 0.333 e. The molecule has 2 N–H and O–H groups in total. The number of hydrogen-bond acceptors (Lipinski definition) is 5. The Morgan fingerprint density at radius 1 is 1.14 bits per heavy atom. The standard InChI is InChI=1S/C20H24N4O4S/c1-11-12(2)28-19-17(10-21-24(11)19)29(26,27)23-20(25)22-18-15-7-3-5-13(15)9-14-6-4-8-16(14)18/h9-12H,3-8H2,1-2H3,(H2,22,23,25). The van der Waals surface area contributed by atoms with E-state index >= 15 is 0 Å². The number of aryl methyl sites for hydroxylation is 2. The number of carbonyl (C=O) groups is 1. The van der Waals surface area contributed by atoms with Crippen molar-refractivity contribution in [2.24, 2.45) is 0 Å². The molecule has 0 bridgehead atoms. The molecule has 0 fully saturated rings. The third-order valence-corrected chi connectivity index (χ3v) is 7.62. The van der Waals surface area contributed by atoms with Gasteiger partial charge < -0.3 is 10.1 Å². The number of sulfonamides is 1. The van der Waals surface area contributed by atoms with Crippen LogP contribution in [0.5, 0.6) is 5.88 Å². The van der Waals surface area contributed by atoms with Crippen LogP contribution >= 0.6 is 0 Å². The monoisotopic (exact) mass is 416 g/mol. The maximum atomic E-state index is 12.8. The minimum absolute atomic E-state index is 0.0720. The molecule has 0 saturated carbocycles. The van der Waals surface area contributed by atoms with Gasteiger partial charge in [-0.05, 0) is 74.6 Å². The summed E-state index contributed by atoms with van der Waals surface area (Å²) in [7, 11) is -4.11. The van der Waals surface area contributed by atoms with E-state index in [-0.39, 0.29) is 22.9 Å². The average molecular weight is 417 g/mol. The van der Waals surface area contributed by atoms with Crippen LogP contribution in [-0.4, -0.2) is 30.3 Å². The van der Waals surface area contributed by atoms with E-state index in [0.29, 0.717) is 0 Å². The van der Waals surface area contributed by atoms with Gasteiger partial charge in [-0.25, -0.2) is 22.6 Å². The second-order valence-electron chi connectivity index (χ2n) is 8.12. The first-order valence-corrected chi connectivity index (χ1v) is 11.6. The maximum absolute atomic E-state index is 12.8. The van der Waals surface area contributed by atoms with Crippen molar-refractivity contribution < 1.29 is 17.9 Å². The van der Waals surface area contributed by atoms with Crippen LogP contribution in [0, 0.1) is 0 Å². The number of aromatic nitrogens is 2. The average Bonchev–Trinajstić information content (AvgIpc) is 3.41. The van der Waals surface area contributed by atoms with E-state index in [4.69, 9.17) is 4.74 Å². The number of rotatable bonds is 3. The van der Waals surface area contributed by atoms with Crippen molar-refractivity contribution in [1.29, 1.82) is 0 Å². The number of hydrogen-bond donors (Lipinski definition) is 2. The lowest BCUT2D eigenvalue weighted by Gasteiger charge is -2.16. The highest BCUT2D eigenvalue weighted by atomic mass is 32.2. The van der Waals surface area contributed by atoms with E-state index in [0.717, 1.165) is 55.3 Å². The fraction of sp³-hybridized carbons (Fsp3) is 0.500. The summed E-state index contributed by atoms with van der Waals surface area (Å²) in [6.07, 6.45) is 6.99. The second kappa shape index (κ2) is 6.48. The molecule has 9 heteroatoms. The number of nitrogens with one attached hydrogen (secondary N) is 2. The molecule has 0 spiro atoms. The van der Waals surface area contributed by atoms with Gasteiger partial charge in [-0.3, -0.25) is 0 Å². The summed E-state index contributed by atoms with van der Waals surface area (Å²) < 4.78 is 35.0. The van der Waals surface area contributed by atoms with E-state index in [2.05, 4.69) is 21.2 Å². The van der Waals surface area contributed by atoms with E-state index in [1.54, 1.807) is 0 Å². The first-order valence-electron chi connectivity index (χ1n) is 10.1. The lowest BCUT2D eigenvalue weighted by Crippen LogP contribution is -2.35. The molecule has 2 atom stereocenters. The van der Waals surface area contributed by atoms with E-state index in [1.165, 1.54) is 22.0 Å². The lowest BCUT2D eigenvalue weighted by atomic mass is 9.99. The van der Waals surface area contributed by atoms with Crippen molar-refractivity contribution in [2.75, 3.05) is 5.32 Å². The first-order chi connectivity index (χ1) is 13.8. The van der Waals surface area contributed by atoms with Gasteiger partial charge in [0, 0.05) is 5.69 Å². The summed E-state index contributed by atoms with van der Waals surface area (Å²) in [5.41, 5.74) is 5.65. The van der Waals surface area contributed by atoms with Gasteiger partial charge in [0.05, 0.1) is 12.2 Å². The Labute approximate surface area is 169 Å². The Kier molecular flexibility index (Phi) is 4.13. The minimum Gasteiger partial charge on any atom is -0.472 e. The van der Waals surface area contributed by atoms with Gasteiger partial charge in [0.15, 0.2) is 4.90 Å². The molecule has 8 nitrogen and oxygen atoms in total. The van der Waals surface area contributed by atoms with E-state index < -0.39 is 16.1 Å². The Balaban J connectivity index is 1.41. The molecular weight excluding hydrogens is 392 g/mol. The van der Waals surface area contributed by atoms with Crippen LogP contribution in [-0.2, 0) is 35.7 Å². The zero-order valence-corrected chi connectivity index (χ0v) is 17.3. The third-order valence-electron chi connectivity index (χ3n) is 6.31. The molecule has 154 valence electrons. The lowest BCUT2D eigenvalue weighted by molar-refractivity contribution is 0.222. The zero-order chi connectivity index (χ0) is 20.3. The summed E-state index contributed by atoms with van der Waals surface area (Å²) in [5, 5.41) is 6.97. The predicted molar refractivity (Wildman–Crippen MR) is 107 cm³/mol. The molecule has 1 aromatic carbocycles. The second-order valence-corrected chi connectivity index (χ2v) is 9.77. The number of nitrogens with zero attached hydrogens (tertiary/aromatic N) is 2. The summed E-state index contributed by atoms with van der Waals surface area (Å²) in [5.74, 6) is 0.173. The Morgan fingerprint density at radius 2 is 1.79 bits per heavy atom. The highest BCUT2D eigenvalue weighted by Gasteiger charge is 2.36. The van der Waals surface area contributed by atoms with Gasteiger partial charge in [-0.2, -0.15) is 5.10 Å². The van der Waals surface area contributed by atoms with Crippen LogP contribution in [0.4, 0.5) is 10.5 Å². The predicted octanol–water partition coefficient (Wildman–Crippen LogP) is 2.71. The van der Waals surface area contributed by atoms with Gasteiger partial charge in [-0.1, -0.05) is 6.07 Å². The minimum atomic E-state index is -4.11. The molecule has 1 aliphatic heterocycles. The number of carbonyl (C=O) groups excluding carboxylic acids is 1. The number of benzene rings is 1. The van der Waals surface area contributed by atoms with Gasteiger partial charge in [-0.15, -0.1) is 0 Å². The zero-order valence-electron chi connectivity index (χ0n) is 16.5. The van der Waals surface area contributed by atoms with Gasteiger partial charge in [0.25, 0.3) is 10.0 Å². The van der Waals surface area contributed by atoms with Gasteiger partial charge in [0.1, 0.15) is 6.10 Å². The van der Waals surface area contributed by atoms with E-state index in [9.17, 15) is 13.2 Å². The van der Waals surface area contributed by atoms with Crippen molar-refractivity contribution >= 4 is 21.7 Å². The molecule has 0 saturated heterocycles. The first kappa shape index (κ1) is 18.5. The Morgan fingerprint density at radius 3 is 2.45 bits per heavy atom. The number of ether oxygens (including phenoxy) is 1.